The first kappa shape index (κ1) is 15.0. The lowest BCUT2D eigenvalue weighted by molar-refractivity contribution is 0.219. The number of aromatic nitrogens is 1. The summed E-state index contributed by atoms with van der Waals surface area (Å²) in [5.74, 6) is 0.795. The van der Waals surface area contributed by atoms with Crippen LogP contribution in [-0.4, -0.2) is 10.7 Å². The van der Waals surface area contributed by atoms with E-state index in [2.05, 4.69) is 13.0 Å². The Morgan fingerprint density at radius 1 is 1.08 bits per heavy atom. The van der Waals surface area contributed by atoms with Crippen LogP contribution < -0.4 is 10.3 Å². The number of nitrogens with zero attached hydrogens (tertiary/aromatic N) is 1. The number of ether oxygens (including phenoxy) is 1. The predicted molar refractivity (Wildman–Crippen MR) is 97.2 cm³/mol. The van der Waals surface area contributed by atoms with Gasteiger partial charge in [-0.3, -0.25) is 9.36 Å². The van der Waals surface area contributed by atoms with Crippen LogP contribution in [0.25, 0.3) is 16.6 Å². The first-order valence-electron chi connectivity index (χ1n) is 8.68. The minimum Gasteiger partial charge on any atom is -0.489 e. The van der Waals surface area contributed by atoms with Crippen LogP contribution in [0.2, 0.25) is 0 Å². The van der Waals surface area contributed by atoms with Gasteiger partial charge in [0.05, 0.1) is 11.1 Å². The molecule has 0 N–H and O–H groups in total. The fourth-order valence-electron chi connectivity index (χ4n) is 3.54. The number of pyridine rings is 1. The molecule has 122 valence electrons. The molecular weight excluding hydrogens is 298 g/mol. The van der Waals surface area contributed by atoms with Gasteiger partial charge in [-0.25, -0.2) is 0 Å². The Balaban J connectivity index is 1.93. The van der Waals surface area contributed by atoms with Crippen molar-refractivity contribution in [1.82, 2.24) is 4.57 Å². The van der Waals surface area contributed by atoms with Crippen molar-refractivity contribution in [2.75, 3.05) is 0 Å². The standard InChI is InChI=1S/C21H21NO2/c1-2-3-11-16-14-18-20(24-16)17-12-7-8-13-19(17)22(21(18)23)15-9-5-4-6-10-15/h4-10,12-13,16H,2-3,11,14H2,1H3. The lowest BCUT2D eigenvalue weighted by Gasteiger charge is -2.14. The lowest BCUT2D eigenvalue weighted by Crippen LogP contribution is -2.22. The zero-order valence-electron chi connectivity index (χ0n) is 13.9. The molecule has 1 atom stereocenters. The van der Waals surface area contributed by atoms with Crippen molar-refractivity contribution in [3.8, 4) is 11.4 Å². The number of fused-ring (bicyclic) bond motifs is 3. The topological polar surface area (TPSA) is 31.2 Å². The summed E-state index contributed by atoms with van der Waals surface area (Å²) in [6.45, 7) is 2.18. The smallest absolute Gasteiger partial charge is 0.262 e. The summed E-state index contributed by atoms with van der Waals surface area (Å²) >= 11 is 0. The van der Waals surface area contributed by atoms with Gasteiger partial charge in [0.25, 0.3) is 5.56 Å². The molecule has 0 amide bonds. The van der Waals surface area contributed by atoms with Crippen molar-refractivity contribution < 1.29 is 4.74 Å². The third-order valence-electron chi connectivity index (χ3n) is 4.74. The van der Waals surface area contributed by atoms with Crippen LogP contribution in [0.1, 0.15) is 31.7 Å². The van der Waals surface area contributed by atoms with Crippen LogP contribution in [0.15, 0.2) is 59.4 Å². The van der Waals surface area contributed by atoms with Crippen LogP contribution in [0, 0.1) is 0 Å². The monoisotopic (exact) mass is 319 g/mol. The summed E-state index contributed by atoms with van der Waals surface area (Å²) in [6, 6.07) is 17.9. The number of rotatable bonds is 4. The molecule has 3 aromatic rings. The molecule has 0 bridgehead atoms. The van der Waals surface area contributed by atoms with Crippen LogP contribution in [-0.2, 0) is 6.42 Å². The Bertz CT molecular complexity index is 928. The highest BCUT2D eigenvalue weighted by Gasteiger charge is 2.29. The molecule has 0 aliphatic carbocycles. The Hall–Kier alpha value is -2.55. The van der Waals surface area contributed by atoms with Crippen LogP contribution in [0.3, 0.4) is 0 Å². The summed E-state index contributed by atoms with van der Waals surface area (Å²) in [5.41, 5.74) is 2.68. The molecule has 0 fully saturated rings. The van der Waals surface area contributed by atoms with Gasteiger partial charge in [-0.1, -0.05) is 50.1 Å². The normalized spacial score (nSPS) is 16.1. The highest BCUT2D eigenvalue weighted by atomic mass is 16.5. The van der Waals surface area contributed by atoms with Crippen LogP contribution in [0.5, 0.6) is 5.75 Å². The first-order chi connectivity index (χ1) is 11.8. The van der Waals surface area contributed by atoms with Crippen molar-refractivity contribution >= 4 is 10.9 Å². The van der Waals surface area contributed by atoms with E-state index in [1.165, 1.54) is 0 Å². The average molecular weight is 319 g/mol. The molecule has 0 saturated heterocycles. The van der Waals surface area contributed by atoms with Gasteiger partial charge in [0.2, 0.25) is 0 Å². The van der Waals surface area contributed by atoms with Gasteiger partial charge < -0.3 is 4.74 Å². The molecule has 0 spiro atoms. The zero-order chi connectivity index (χ0) is 16.5. The third-order valence-corrected chi connectivity index (χ3v) is 4.74. The molecule has 1 aliphatic heterocycles. The highest BCUT2D eigenvalue weighted by molar-refractivity contribution is 5.88. The van der Waals surface area contributed by atoms with E-state index in [-0.39, 0.29) is 11.7 Å². The maximum atomic E-state index is 13.2. The van der Waals surface area contributed by atoms with Crippen molar-refractivity contribution in [3.05, 3.63) is 70.5 Å². The van der Waals surface area contributed by atoms with Crippen LogP contribution in [0.4, 0.5) is 0 Å². The second-order valence-corrected chi connectivity index (χ2v) is 6.39. The van der Waals surface area contributed by atoms with Gasteiger partial charge in [-0.2, -0.15) is 0 Å². The summed E-state index contributed by atoms with van der Waals surface area (Å²) < 4.78 is 8.00. The van der Waals surface area contributed by atoms with E-state index in [1.54, 1.807) is 0 Å². The van der Waals surface area contributed by atoms with Gasteiger partial charge >= 0.3 is 0 Å². The lowest BCUT2D eigenvalue weighted by atomic mass is 10.0. The summed E-state index contributed by atoms with van der Waals surface area (Å²) in [4.78, 5) is 13.2. The fourth-order valence-corrected chi connectivity index (χ4v) is 3.54. The third kappa shape index (κ3) is 2.41. The molecule has 1 aliphatic rings. The molecule has 1 unspecified atom stereocenters. The Labute approximate surface area is 141 Å². The fraction of sp³-hybridized carbons (Fsp3) is 0.286. The summed E-state index contributed by atoms with van der Waals surface area (Å²) in [5, 5.41) is 1.02. The first-order valence-corrected chi connectivity index (χ1v) is 8.68. The summed E-state index contributed by atoms with van der Waals surface area (Å²) in [6.07, 6.45) is 4.12. The van der Waals surface area contributed by atoms with Gasteiger partial charge in [-0.05, 0) is 30.7 Å². The minimum atomic E-state index is 0.0499. The second-order valence-electron chi connectivity index (χ2n) is 6.39. The number of hydrogen-bond donors (Lipinski definition) is 0. The molecule has 2 aromatic carbocycles. The maximum absolute atomic E-state index is 13.2. The van der Waals surface area contributed by atoms with Crippen molar-refractivity contribution in [2.45, 2.75) is 38.7 Å². The molecule has 0 saturated carbocycles. The van der Waals surface area contributed by atoms with E-state index in [0.29, 0.717) is 6.42 Å². The van der Waals surface area contributed by atoms with E-state index >= 15 is 0 Å². The Morgan fingerprint density at radius 3 is 2.62 bits per heavy atom. The molecule has 3 heteroatoms. The van der Waals surface area contributed by atoms with Crippen LogP contribution >= 0.6 is 0 Å². The van der Waals surface area contributed by atoms with Gasteiger partial charge in [0.15, 0.2) is 0 Å². The Kier molecular flexibility index (Phi) is 3.85. The molecule has 2 heterocycles. The van der Waals surface area contributed by atoms with E-state index in [4.69, 9.17) is 4.74 Å². The molecule has 24 heavy (non-hydrogen) atoms. The molecule has 3 nitrogen and oxygen atoms in total. The number of unbranched alkanes of at least 4 members (excludes halogenated alkanes) is 1. The predicted octanol–water partition coefficient (Wildman–Crippen LogP) is 4.48. The van der Waals surface area contributed by atoms with E-state index in [9.17, 15) is 4.79 Å². The SMILES string of the molecule is CCCCC1Cc2c(c3ccccc3n(-c3ccccc3)c2=O)O1. The largest absolute Gasteiger partial charge is 0.489 e. The molecule has 4 rings (SSSR count). The van der Waals surface area contributed by atoms with E-state index in [1.807, 2.05) is 53.1 Å². The van der Waals surface area contributed by atoms with Crippen molar-refractivity contribution in [2.24, 2.45) is 0 Å². The maximum Gasteiger partial charge on any atom is 0.262 e. The quantitative estimate of drug-likeness (QED) is 0.710. The van der Waals surface area contributed by atoms with Crippen molar-refractivity contribution in [3.63, 3.8) is 0 Å². The number of para-hydroxylation sites is 2. The molecular formula is C21H21NO2. The van der Waals surface area contributed by atoms with Gasteiger partial charge in [0.1, 0.15) is 11.9 Å². The Morgan fingerprint density at radius 2 is 1.83 bits per heavy atom. The van der Waals surface area contributed by atoms with E-state index < -0.39 is 0 Å². The number of hydrogen-bond acceptors (Lipinski definition) is 2. The highest BCUT2D eigenvalue weighted by Crippen LogP contribution is 2.36. The molecule has 0 radical (unpaired) electrons. The average Bonchev–Trinajstić information content (AvgIpc) is 3.06. The minimum absolute atomic E-state index is 0.0499. The van der Waals surface area contributed by atoms with E-state index in [0.717, 1.165) is 47.2 Å². The summed E-state index contributed by atoms with van der Waals surface area (Å²) in [7, 11) is 0. The molecule has 1 aromatic heterocycles. The zero-order valence-corrected chi connectivity index (χ0v) is 13.9. The number of benzene rings is 2. The van der Waals surface area contributed by atoms with Crippen molar-refractivity contribution in [1.29, 1.82) is 0 Å². The van der Waals surface area contributed by atoms with Gasteiger partial charge in [0, 0.05) is 17.5 Å². The second kappa shape index (κ2) is 6.16. The van der Waals surface area contributed by atoms with Gasteiger partial charge in [-0.15, -0.1) is 0 Å².